The number of amides is 1. The van der Waals surface area contributed by atoms with Crippen molar-refractivity contribution in [2.45, 2.75) is 13.8 Å². The number of aryl methyl sites for hydroxylation is 1. The number of nitro groups is 1. The van der Waals surface area contributed by atoms with Gasteiger partial charge in [0.1, 0.15) is 5.69 Å². The summed E-state index contributed by atoms with van der Waals surface area (Å²) in [6.07, 6.45) is 0. The molecule has 2 aromatic rings. The second-order valence-electron chi connectivity index (χ2n) is 4.22. The molecule has 1 aromatic carbocycles. The maximum absolute atomic E-state index is 12.0. The van der Waals surface area contributed by atoms with Crippen molar-refractivity contribution in [3.05, 3.63) is 55.9 Å². The highest BCUT2D eigenvalue weighted by Crippen LogP contribution is 2.30. The molecule has 20 heavy (non-hydrogen) atoms. The van der Waals surface area contributed by atoms with Gasteiger partial charge in [-0.2, -0.15) is 0 Å². The van der Waals surface area contributed by atoms with Crippen LogP contribution in [0.4, 0.5) is 11.4 Å². The molecule has 0 unspecified atom stereocenters. The van der Waals surface area contributed by atoms with Gasteiger partial charge in [0, 0.05) is 6.07 Å². The van der Waals surface area contributed by atoms with Crippen molar-refractivity contribution in [3.8, 4) is 0 Å². The van der Waals surface area contributed by atoms with E-state index in [1.165, 1.54) is 12.1 Å². The van der Waals surface area contributed by atoms with Gasteiger partial charge >= 0.3 is 0 Å². The first-order chi connectivity index (χ1) is 9.40. The van der Waals surface area contributed by atoms with Gasteiger partial charge in [0.05, 0.1) is 4.92 Å². The summed E-state index contributed by atoms with van der Waals surface area (Å²) in [5, 5.41) is 13.6. The van der Waals surface area contributed by atoms with Crippen molar-refractivity contribution in [1.29, 1.82) is 0 Å². The van der Waals surface area contributed by atoms with E-state index >= 15 is 0 Å². The van der Waals surface area contributed by atoms with Gasteiger partial charge in [-0.05, 0) is 53.0 Å². The minimum Gasteiger partial charge on any atom is -0.444 e. The summed E-state index contributed by atoms with van der Waals surface area (Å²) < 4.78 is 5.54. The molecular formula is C13H11BrN2O4. The molecule has 1 heterocycles. The quantitative estimate of drug-likeness (QED) is 0.680. The molecule has 0 saturated carbocycles. The van der Waals surface area contributed by atoms with Gasteiger partial charge in [-0.1, -0.05) is 6.07 Å². The molecule has 0 atom stereocenters. The highest BCUT2D eigenvalue weighted by atomic mass is 79.9. The summed E-state index contributed by atoms with van der Waals surface area (Å²) in [6.45, 7) is 3.54. The molecule has 6 nitrogen and oxygen atoms in total. The number of benzene rings is 1. The monoisotopic (exact) mass is 338 g/mol. The van der Waals surface area contributed by atoms with E-state index in [1.807, 2.05) is 6.92 Å². The van der Waals surface area contributed by atoms with Crippen LogP contribution in [0.1, 0.15) is 21.7 Å². The molecule has 0 aliphatic rings. The number of halogens is 1. The van der Waals surface area contributed by atoms with Crippen LogP contribution in [0.3, 0.4) is 0 Å². The van der Waals surface area contributed by atoms with E-state index in [-0.39, 0.29) is 17.1 Å². The van der Waals surface area contributed by atoms with Crippen molar-refractivity contribution >= 4 is 33.2 Å². The van der Waals surface area contributed by atoms with Gasteiger partial charge in [0.15, 0.2) is 10.4 Å². The van der Waals surface area contributed by atoms with Crippen molar-refractivity contribution in [2.75, 3.05) is 5.32 Å². The van der Waals surface area contributed by atoms with Crippen molar-refractivity contribution in [3.63, 3.8) is 0 Å². The first kappa shape index (κ1) is 14.3. The van der Waals surface area contributed by atoms with E-state index in [0.717, 1.165) is 5.56 Å². The topological polar surface area (TPSA) is 85.4 Å². The summed E-state index contributed by atoms with van der Waals surface area (Å²) in [5.74, 6) is -0.459. The number of nitrogens with zero attached hydrogens (tertiary/aromatic N) is 1. The van der Waals surface area contributed by atoms with Crippen LogP contribution in [0.25, 0.3) is 0 Å². The van der Waals surface area contributed by atoms with Crippen LogP contribution >= 0.6 is 15.9 Å². The van der Waals surface area contributed by atoms with Crippen LogP contribution in [0.5, 0.6) is 0 Å². The molecule has 104 valence electrons. The molecule has 7 heteroatoms. The number of rotatable bonds is 3. The lowest BCUT2D eigenvalue weighted by molar-refractivity contribution is -0.384. The third-order valence-corrected chi connectivity index (χ3v) is 3.37. The maximum atomic E-state index is 12.0. The van der Waals surface area contributed by atoms with E-state index in [0.29, 0.717) is 10.2 Å². The van der Waals surface area contributed by atoms with E-state index in [2.05, 4.69) is 21.2 Å². The molecule has 2 rings (SSSR count). The fourth-order valence-corrected chi connectivity index (χ4v) is 2.03. The van der Waals surface area contributed by atoms with Gasteiger partial charge < -0.3 is 9.73 Å². The van der Waals surface area contributed by atoms with Gasteiger partial charge in [0.25, 0.3) is 11.6 Å². The van der Waals surface area contributed by atoms with Crippen molar-refractivity contribution in [1.82, 2.24) is 0 Å². The molecule has 0 fully saturated rings. The molecular weight excluding hydrogens is 328 g/mol. The van der Waals surface area contributed by atoms with E-state index in [9.17, 15) is 14.9 Å². The van der Waals surface area contributed by atoms with E-state index in [1.54, 1.807) is 19.1 Å². The standard InChI is InChI=1S/C13H11BrN2O4/c1-7-3-4-9(16(18)19)12(8(7)2)15-13(17)10-5-6-11(14)20-10/h3-6H,1-2H3,(H,15,17). The fourth-order valence-electron chi connectivity index (χ4n) is 1.72. The lowest BCUT2D eigenvalue weighted by atomic mass is 10.1. The molecule has 1 aromatic heterocycles. The van der Waals surface area contributed by atoms with Gasteiger partial charge in [-0.25, -0.2) is 0 Å². The Hall–Kier alpha value is -2.15. The Kier molecular flexibility index (Phi) is 3.89. The van der Waals surface area contributed by atoms with Crippen LogP contribution in [-0.2, 0) is 0 Å². The summed E-state index contributed by atoms with van der Waals surface area (Å²) in [4.78, 5) is 22.5. The van der Waals surface area contributed by atoms with Crippen LogP contribution < -0.4 is 5.32 Å². The predicted octanol–water partition coefficient (Wildman–Crippen LogP) is 3.82. The minimum absolute atomic E-state index is 0.0760. The first-order valence-electron chi connectivity index (χ1n) is 5.71. The summed E-state index contributed by atoms with van der Waals surface area (Å²) in [6, 6.07) is 6.07. The van der Waals surface area contributed by atoms with Crippen LogP contribution in [0.2, 0.25) is 0 Å². The van der Waals surface area contributed by atoms with Crippen molar-refractivity contribution in [2.24, 2.45) is 0 Å². The Balaban J connectivity index is 2.40. The normalized spacial score (nSPS) is 10.3. The third kappa shape index (κ3) is 2.72. The Morgan fingerprint density at radius 2 is 2.00 bits per heavy atom. The molecule has 0 radical (unpaired) electrons. The zero-order valence-corrected chi connectivity index (χ0v) is 12.4. The second kappa shape index (κ2) is 5.46. The molecule has 1 amide bonds. The second-order valence-corrected chi connectivity index (χ2v) is 5.00. The number of carbonyl (C=O) groups excluding carboxylic acids is 1. The number of carbonyl (C=O) groups is 1. The fraction of sp³-hybridized carbons (Fsp3) is 0.154. The maximum Gasteiger partial charge on any atom is 0.293 e. The highest BCUT2D eigenvalue weighted by Gasteiger charge is 2.21. The number of hydrogen-bond acceptors (Lipinski definition) is 4. The van der Waals surface area contributed by atoms with E-state index < -0.39 is 10.8 Å². The van der Waals surface area contributed by atoms with Gasteiger partial charge in [0.2, 0.25) is 0 Å². The number of furan rings is 1. The van der Waals surface area contributed by atoms with Crippen LogP contribution in [-0.4, -0.2) is 10.8 Å². The Morgan fingerprint density at radius 3 is 2.55 bits per heavy atom. The summed E-state index contributed by atoms with van der Waals surface area (Å²) >= 11 is 3.09. The van der Waals surface area contributed by atoms with Crippen molar-refractivity contribution < 1.29 is 14.1 Å². The predicted molar refractivity (Wildman–Crippen MR) is 76.9 cm³/mol. The molecule has 0 saturated heterocycles. The SMILES string of the molecule is Cc1ccc([N+](=O)[O-])c(NC(=O)c2ccc(Br)o2)c1C. The molecule has 0 bridgehead atoms. The first-order valence-corrected chi connectivity index (χ1v) is 6.50. The Bertz CT molecular complexity index is 694. The molecule has 0 spiro atoms. The van der Waals surface area contributed by atoms with Gasteiger partial charge in [-0.15, -0.1) is 0 Å². The third-order valence-electron chi connectivity index (χ3n) is 2.95. The lowest BCUT2D eigenvalue weighted by Crippen LogP contribution is -2.13. The zero-order valence-electron chi connectivity index (χ0n) is 10.8. The molecule has 1 N–H and O–H groups in total. The van der Waals surface area contributed by atoms with Crippen LogP contribution in [0.15, 0.2) is 33.4 Å². The average molecular weight is 339 g/mol. The summed E-state index contributed by atoms with van der Waals surface area (Å²) in [7, 11) is 0. The Labute approximate surface area is 123 Å². The number of nitrogens with one attached hydrogen (secondary N) is 1. The molecule has 0 aliphatic heterocycles. The number of nitro benzene ring substituents is 1. The lowest BCUT2D eigenvalue weighted by Gasteiger charge is -2.10. The number of hydrogen-bond donors (Lipinski definition) is 1. The summed E-state index contributed by atoms with van der Waals surface area (Å²) in [5.41, 5.74) is 1.55. The smallest absolute Gasteiger partial charge is 0.293 e. The highest BCUT2D eigenvalue weighted by molar-refractivity contribution is 9.10. The number of anilines is 1. The average Bonchev–Trinajstić information content (AvgIpc) is 2.81. The minimum atomic E-state index is -0.535. The van der Waals surface area contributed by atoms with Gasteiger partial charge in [-0.3, -0.25) is 14.9 Å². The van der Waals surface area contributed by atoms with Crippen LogP contribution in [0, 0.1) is 24.0 Å². The molecule has 0 aliphatic carbocycles. The Morgan fingerprint density at radius 1 is 1.30 bits per heavy atom. The zero-order chi connectivity index (χ0) is 14.9. The van der Waals surface area contributed by atoms with E-state index in [4.69, 9.17) is 4.42 Å². The largest absolute Gasteiger partial charge is 0.444 e.